The number of likely N-dealkylation sites (tertiary alicyclic amines) is 1. The van der Waals surface area contributed by atoms with Crippen molar-refractivity contribution in [2.45, 2.75) is 39.3 Å². The minimum atomic E-state index is -0.943. The second kappa shape index (κ2) is 11.0. The van der Waals surface area contributed by atoms with Gasteiger partial charge in [0.2, 0.25) is 0 Å². The van der Waals surface area contributed by atoms with E-state index in [1.807, 2.05) is 6.92 Å². The first-order chi connectivity index (χ1) is 17.8. The van der Waals surface area contributed by atoms with Gasteiger partial charge < -0.3 is 14.7 Å². The summed E-state index contributed by atoms with van der Waals surface area (Å²) in [6.45, 7) is 4.55. The summed E-state index contributed by atoms with van der Waals surface area (Å²) < 4.78 is 5.79. The number of hydrogen-bond acceptors (Lipinski definition) is 7. The molecule has 1 amide bonds. The molecule has 37 heavy (non-hydrogen) atoms. The molecular formula is C28H27N3O6. The first-order valence-corrected chi connectivity index (χ1v) is 12.0. The van der Waals surface area contributed by atoms with E-state index in [2.05, 4.69) is 11.9 Å². The van der Waals surface area contributed by atoms with Crippen LogP contribution < -0.4 is 4.74 Å². The number of nitro groups is 1. The van der Waals surface area contributed by atoms with Crippen LogP contribution in [0.4, 0.5) is 5.69 Å². The number of carbonyl (C=O) groups excluding carboxylic acids is 2. The molecule has 2 heterocycles. The molecule has 2 aromatic carbocycles. The molecule has 0 saturated carbocycles. The van der Waals surface area contributed by atoms with Gasteiger partial charge in [-0.3, -0.25) is 24.7 Å². The molecule has 1 aliphatic heterocycles. The van der Waals surface area contributed by atoms with Crippen molar-refractivity contribution in [3.8, 4) is 5.75 Å². The number of aliphatic hydroxyl groups is 1. The Kier molecular flexibility index (Phi) is 7.62. The summed E-state index contributed by atoms with van der Waals surface area (Å²) in [5.74, 6) is -1.25. The van der Waals surface area contributed by atoms with Crippen molar-refractivity contribution in [2.24, 2.45) is 0 Å². The molecule has 1 aromatic heterocycles. The zero-order valence-corrected chi connectivity index (χ0v) is 20.6. The minimum Gasteiger partial charge on any atom is -0.507 e. The number of ether oxygens (including phenoxy) is 1. The number of nitro benzene ring substituents is 1. The van der Waals surface area contributed by atoms with Gasteiger partial charge in [0, 0.05) is 36.6 Å². The maximum absolute atomic E-state index is 13.2. The Balaban J connectivity index is 1.79. The van der Waals surface area contributed by atoms with Gasteiger partial charge in [-0.2, -0.15) is 0 Å². The summed E-state index contributed by atoms with van der Waals surface area (Å²) in [7, 11) is 0. The van der Waals surface area contributed by atoms with E-state index >= 15 is 0 Å². The summed E-state index contributed by atoms with van der Waals surface area (Å²) in [4.78, 5) is 42.5. The van der Waals surface area contributed by atoms with Gasteiger partial charge in [0.1, 0.15) is 11.5 Å². The first-order valence-electron chi connectivity index (χ1n) is 12.0. The molecule has 0 bridgehead atoms. The van der Waals surface area contributed by atoms with E-state index in [4.69, 9.17) is 4.74 Å². The molecule has 1 aliphatic rings. The number of hydrogen-bond donors (Lipinski definition) is 1. The lowest BCUT2D eigenvalue weighted by Gasteiger charge is -2.25. The fourth-order valence-electron chi connectivity index (χ4n) is 4.30. The van der Waals surface area contributed by atoms with Crippen LogP contribution in [-0.2, 0) is 16.1 Å². The van der Waals surface area contributed by atoms with Gasteiger partial charge in [-0.25, -0.2) is 0 Å². The molecule has 0 aliphatic carbocycles. The van der Waals surface area contributed by atoms with Gasteiger partial charge in [0.25, 0.3) is 17.4 Å². The van der Waals surface area contributed by atoms with Gasteiger partial charge in [-0.05, 0) is 66.4 Å². The fraction of sp³-hybridized carbons (Fsp3) is 0.250. The summed E-state index contributed by atoms with van der Waals surface area (Å²) in [6, 6.07) is 13.2. The normalized spacial score (nSPS) is 16.7. The molecule has 1 unspecified atom stereocenters. The number of pyridine rings is 1. The number of non-ortho nitro benzene ring substituents is 1. The van der Waals surface area contributed by atoms with E-state index in [0.717, 1.165) is 18.4 Å². The van der Waals surface area contributed by atoms with Crippen LogP contribution in [0.25, 0.3) is 5.76 Å². The first kappa shape index (κ1) is 25.6. The van der Waals surface area contributed by atoms with Gasteiger partial charge in [0.15, 0.2) is 0 Å². The van der Waals surface area contributed by atoms with Crippen LogP contribution in [0.2, 0.25) is 0 Å². The molecule has 1 fully saturated rings. The quantitative estimate of drug-likeness (QED) is 0.108. The van der Waals surface area contributed by atoms with Crippen molar-refractivity contribution in [2.75, 3.05) is 6.61 Å². The second-order valence-electron chi connectivity index (χ2n) is 8.82. The molecule has 190 valence electrons. The summed E-state index contributed by atoms with van der Waals surface area (Å²) >= 11 is 0. The smallest absolute Gasteiger partial charge is 0.295 e. The maximum atomic E-state index is 13.2. The highest BCUT2D eigenvalue weighted by Crippen LogP contribution is 2.41. The largest absolute Gasteiger partial charge is 0.507 e. The number of amides is 1. The van der Waals surface area contributed by atoms with E-state index in [-0.39, 0.29) is 23.6 Å². The predicted molar refractivity (Wildman–Crippen MR) is 137 cm³/mol. The van der Waals surface area contributed by atoms with Crippen molar-refractivity contribution in [3.05, 3.63) is 105 Å². The van der Waals surface area contributed by atoms with Gasteiger partial charge in [-0.1, -0.05) is 19.4 Å². The Morgan fingerprint density at radius 1 is 1.16 bits per heavy atom. The number of ketones is 1. The molecule has 9 heteroatoms. The minimum absolute atomic E-state index is 0.0695. The number of carbonyl (C=O) groups is 2. The van der Waals surface area contributed by atoms with E-state index in [9.17, 15) is 24.8 Å². The Bertz CT molecular complexity index is 1350. The van der Waals surface area contributed by atoms with Crippen LogP contribution in [0.3, 0.4) is 0 Å². The number of aryl methyl sites for hydroxylation is 1. The van der Waals surface area contributed by atoms with Crippen LogP contribution in [0.15, 0.2) is 72.6 Å². The van der Waals surface area contributed by atoms with Crippen LogP contribution in [0, 0.1) is 17.0 Å². The van der Waals surface area contributed by atoms with Crippen molar-refractivity contribution in [1.82, 2.24) is 9.88 Å². The number of nitrogens with zero attached hydrogens (tertiary/aromatic N) is 3. The molecule has 1 saturated heterocycles. The topological polar surface area (TPSA) is 123 Å². The number of unbranched alkanes of at least 4 members (excludes halogenated alkanes) is 1. The van der Waals surface area contributed by atoms with Gasteiger partial charge >= 0.3 is 0 Å². The van der Waals surface area contributed by atoms with Crippen molar-refractivity contribution in [1.29, 1.82) is 0 Å². The highest BCUT2D eigenvalue weighted by molar-refractivity contribution is 6.46. The van der Waals surface area contributed by atoms with Crippen LogP contribution >= 0.6 is 0 Å². The van der Waals surface area contributed by atoms with E-state index in [1.54, 1.807) is 42.7 Å². The number of aromatic nitrogens is 1. The fourth-order valence-corrected chi connectivity index (χ4v) is 4.30. The van der Waals surface area contributed by atoms with Crippen molar-refractivity contribution in [3.63, 3.8) is 0 Å². The molecule has 3 aromatic rings. The van der Waals surface area contributed by atoms with Gasteiger partial charge in [-0.15, -0.1) is 0 Å². The monoisotopic (exact) mass is 501 g/mol. The molecule has 1 atom stereocenters. The lowest BCUT2D eigenvalue weighted by Crippen LogP contribution is -2.29. The number of aliphatic hydroxyl groups excluding tert-OH is 1. The number of rotatable bonds is 9. The van der Waals surface area contributed by atoms with Crippen molar-refractivity contribution < 1.29 is 24.4 Å². The van der Waals surface area contributed by atoms with Gasteiger partial charge in [0.05, 0.1) is 23.1 Å². The standard InChI is InChI=1S/C28H27N3O6/c1-3-4-14-37-23-12-9-21(15-18(23)2)26(32)24-25(20-7-10-22(11-8-20)31(35)36)30(28(34)27(24)33)17-19-6-5-13-29-16-19/h5-13,15-16,25,32H,3-4,14,17H2,1-2H3/b26-24+. The Labute approximate surface area is 214 Å². The number of Topliss-reactive ketones (excluding diaryl/α,β-unsaturated/α-hetero) is 1. The third kappa shape index (κ3) is 5.35. The van der Waals surface area contributed by atoms with E-state index in [0.29, 0.717) is 29.0 Å². The lowest BCUT2D eigenvalue weighted by atomic mass is 9.94. The average molecular weight is 502 g/mol. The summed E-state index contributed by atoms with van der Waals surface area (Å²) in [5.41, 5.74) is 2.10. The van der Waals surface area contributed by atoms with E-state index < -0.39 is 22.7 Å². The third-order valence-corrected chi connectivity index (χ3v) is 6.24. The Hall–Kier alpha value is -4.53. The molecular weight excluding hydrogens is 474 g/mol. The van der Waals surface area contributed by atoms with Crippen LogP contribution in [0.1, 0.15) is 48.1 Å². The summed E-state index contributed by atoms with van der Waals surface area (Å²) in [6.07, 6.45) is 5.10. The average Bonchev–Trinajstić information content (AvgIpc) is 3.14. The van der Waals surface area contributed by atoms with Crippen LogP contribution in [-0.4, -0.2) is 38.2 Å². The van der Waals surface area contributed by atoms with Crippen molar-refractivity contribution >= 4 is 23.1 Å². The molecule has 9 nitrogen and oxygen atoms in total. The summed E-state index contributed by atoms with van der Waals surface area (Å²) in [5, 5.41) is 22.5. The Morgan fingerprint density at radius 2 is 1.92 bits per heavy atom. The molecule has 4 rings (SSSR count). The molecule has 0 radical (unpaired) electrons. The molecule has 1 N–H and O–H groups in total. The predicted octanol–water partition coefficient (Wildman–Crippen LogP) is 5.10. The maximum Gasteiger partial charge on any atom is 0.295 e. The third-order valence-electron chi connectivity index (χ3n) is 6.24. The zero-order valence-electron chi connectivity index (χ0n) is 20.6. The van der Waals surface area contributed by atoms with Crippen LogP contribution in [0.5, 0.6) is 5.75 Å². The highest BCUT2D eigenvalue weighted by atomic mass is 16.6. The highest BCUT2D eigenvalue weighted by Gasteiger charge is 2.46. The zero-order chi connectivity index (χ0) is 26.5. The van der Waals surface area contributed by atoms with E-state index in [1.165, 1.54) is 29.2 Å². The lowest BCUT2D eigenvalue weighted by molar-refractivity contribution is -0.384. The second-order valence-corrected chi connectivity index (χ2v) is 8.82. The Morgan fingerprint density at radius 3 is 2.54 bits per heavy atom. The SMILES string of the molecule is CCCCOc1ccc(/C(O)=C2\C(=O)C(=O)N(Cc3cccnc3)C2c2ccc([N+](=O)[O-])cc2)cc1C. The molecule has 0 spiro atoms. The number of benzene rings is 2.